The number of carbonyl (C=O) groups excluding carboxylic acids is 2. The lowest BCUT2D eigenvalue weighted by molar-refractivity contribution is -0.153. The molecule has 3 fully saturated rings. The van der Waals surface area contributed by atoms with Gasteiger partial charge in [0.2, 0.25) is 5.91 Å². The highest BCUT2D eigenvalue weighted by atomic mass is 16.2. The van der Waals surface area contributed by atoms with Crippen molar-refractivity contribution in [3.63, 3.8) is 0 Å². The van der Waals surface area contributed by atoms with Crippen LogP contribution in [0.2, 0.25) is 0 Å². The first-order chi connectivity index (χ1) is 8.50. The minimum atomic E-state index is -0.699. The van der Waals surface area contributed by atoms with E-state index < -0.39 is 5.41 Å². The maximum Gasteiger partial charge on any atom is 0.236 e. The van der Waals surface area contributed by atoms with Crippen molar-refractivity contribution in [1.82, 2.24) is 10.2 Å². The largest absolute Gasteiger partial charge is 0.339 e. The van der Waals surface area contributed by atoms with E-state index in [0.717, 1.165) is 39.0 Å². The van der Waals surface area contributed by atoms with Gasteiger partial charge in [-0.15, -0.1) is 0 Å². The molecule has 1 saturated heterocycles. The van der Waals surface area contributed by atoms with Crippen LogP contribution in [0, 0.1) is 16.7 Å². The number of nitrogens with zero attached hydrogens (tertiary/aromatic N) is 1. The summed E-state index contributed by atoms with van der Waals surface area (Å²) in [6.07, 6.45) is 2.42. The summed E-state index contributed by atoms with van der Waals surface area (Å²) in [6, 6.07) is 0. The van der Waals surface area contributed by atoms with E-state index in [4.69, 9.17) is 0 Å². The fourth-order valence-corrected chi connectivity index (χ4v) is 4.32. The fourth-order valence-electron chi connectivity index (χ4n) is 4.32. The van der Waals surface area contributed by atoms with Crippen LogP contribution in [0.25, 0.3) is 0 Å². The van der Waals surface area contributed by atoms with Crippen LogP contribution in [-0.4, -0.2) is 42.8 Å². The zero-order valence-electron chi connectivity index (χ0n) is 11.3. The second kappa shape index (κ2) is 3.80. The van der Waals surface area contributed by atoms with Gasteiger partial charge in [0.05, 0.1) is 0 Å². The van der Waals surface area contributed by atoms with E-state index in [9.17, 15) is 9.59 Å². The van der Waals surface area contributed by atoms with Crippen molar-refractivity contribution >= 4 is 11.7 Å². The molecular formula is C14H22N2O2. The van der Waals surface area contributed by atoms with Crippen LogP contribution in [0.4, 0.5) is 0 Å². The topological polar surface area (TPSA) is 49.4 Å². The highest BCUT2D eigenvalue weighted by Crippen LogP contribution is 2.64. The minimum Gasteiger partial charge on any atom is -0.339 e. The van der Waals surface area contributed by atoms with Crippen LogP contribution >= 0.6 is 0 Å². The van der Waals surface area contributed by atoms with Crippen molar-refractivity contribution in [3.05, 3.63) is 0 Å². The molecule has 0 aromatic carbocycles. The maximum atomic E-state index is 12.9. The first-order valence-electron chi connectivity index (χ1n) is 7.03. The number of rotatable bonds is 1. The number of nitrogens with one attached hydrogen (secondary N) is 1. The minimum absolute atomic E-state index is 0.110. The number of fused-ring (bicyclic) bond motifs is 2. The third-order valence-corrected chi connectivity index (χ3v) is 5.67. The number of amides is 1. The van der Waals surface area contributed by atoms with Gasteiger partial charge in [-0.05, 0) is 24.2 Å². The molecule has 3 aliphatic rings. The van der Waals surface area contributed by atoms with Gasteiger partial charge < -0.3 is 10.2 Å². The monoisotopic (exact) mass is 250 g/mol. The molecule has 18 heavy (non-hydrogen) atoms. The predicted octanol–water partition coefficient (Wildman–Crippen LogP) is 0.814. The van der Waals surface area contributed by atoms with Crippen LogP contribution in [0.3, 0.4) is 0 Å². The Hall–Kier alpha value is -0.900. The lowest BCUT2D eigenvalue weighted by Gasteiger charge is -2.40. The van der Waals surface area contributed by atoms with E-state index >= 15 is 0 Å². The van der Waals surface area contributed by atoms with Crippen molar-refractivity contribution in [3.8, 4) is 0 Å². The summed E-state index contributed by atoms with van der Waals surface area (Å²) in [7, 11) is 0. The summed E-state index contributed by atoms with van der Waals surface area (Å²) in [5, 5.41) is 3.25. The normalized spacial score (nSPS) is 38.2. The summed E-state index contributed by atoms with van der Waals surface area (Å²) < 4.78 is 0. The zero-order valence-corrected chi connectivity index (χ0v) is 11.3. The van der Waals surface area contributed by atoms with Gasteiger partial charge in [-0.3, -0.25) is 9.59 Å². The molecule has 0 unspecified atom stereocenters. The summed E-state index contributed by atoms with van der Waals surface area (Å²) in [6.45, 7) is 7.42. The number of hydrogen-bond donors (Lipinski definition) is 1. The highest BCUT2D eigenvalue weighted by Gasteiger charge is 2.68. The van der Waals surface area contributed by atoms with Crippen molar-refractivity contribution in [2.75, 3.05) is 26.2 Å². The van der Waals surface area contributed by atoms with E-state index in [2.05, 4.69) is 19.2 Å². The SMILES string of the molecule is CC1(C)[C@H]2CC[C@]1(C(=O)N1CCNCC1)C(=O)C2. The van der Waals surface area contributed by atoms with Crippen molar-refractivity contribution < 1.29 is 9.59 Å². The average Bonchev–Trinajstić information content (AvgIpc) is 2.73. The molecule has 2 atom stereocenters. The number of ketones is 1. The molecule has 1 heterocycles. The van der Waals surface area contributed by atoms with Gasteiger partial charge in [-0.2, -0.15) is 0 Å². The maximum absolute atomic E-state index is 12.9. The van der Waals surface area contributed by atoms with Crippen LogP contribution in [0.15, 0.2) is 0 Å². The van der Waals surface area contributed by atoms with E-state index in [1.165, 1.54) is 0 Å². The number of hydrogen-bond acceptors (Lipinski definition) is 3. The van der Waals surface area contributed by atoms with Gasteiger partial charge in [0.15, 0.2) is 0 Å². The molecule has 3 rings (SSSR count). The van der Waals surface area contributed by atoms with Crippen LogP contribution in [0.5, 0.6) is 0 Å². The standard InChI is InChI=1S/C14H22N2O2/c1-13(2)10-3-4-14(13,11(17)9-10)12(18)16-7-5-15-6-8-16/h10,15H,3-9H2,1-2H3/t10-,14+/m0/s1. The Bertz CT molecular complexity index is 399. The van der Waals surface area contributed by atoms with Gasteiger partial charge in [-0.1, -0.05) is 13.8 Å². The molecule has 1 N–H and O–H groups in total. The predicted molar refractivity (Wildman–Crippen MR) is 68.0 cm³/mol. The molecule has 4 nitrogen and oxygen atoms in total. The summed E-state index contributed by atoms with van der Waals surface area (Å²) in [5.41, 5.74) is -0.846. The molecule has 0 spiro atoms. The van der Waals surface area contributed by atoms with Crippen molar-refractivity contribution in [2.24, 2.45) is 16.7 Å². The van der Waals surface area contributed by atoms with Gasteiger partial charge >= 0.3 is 0 Å². The van der Waals surface area contributed by atoms with E-state index in [0.29, 0.717) is 12.3 Å². The Balaban J connectivity index is 1.93. The molecule has 2 bridgehead atoms. The summed E-state index contributed by atoms with van der Waals surface area (Å²) >= 11 is 0. The zero-order chi connectivity index (χ0) is 13.0. The lowest BCUT2D eigenvalue weighted by Crippen LogP contribution is -2.56. The molecule has 0 aromatic rings. The molecule has 100 valence electrons. The third-order valence-electron chi connectivity index (χ3n) is 5.67. The quantitative estimate of drug-likeness (QED) is 0.701. The van der Waals surface area contributed by atoms with Crippen molar-refractivity contribution in [2.45, 2.75) is 33.1 Å². The molecule has 4 heteroatoms. The molecule has 0 radical (unpaired) electrons. The van der Waals surface area contributed by atoms with E-state index in [-0.39, 0.29) is 17.1 Å². The third kappa shape index (κ3) is 1.30. The second-order valence-corrected chi connectivity index (χ2v) is 6.53. The Morgan fingerprint density at radius 2 is 2.00 bits per heavy atom. The van der Waals surface area contributed by atoms with E-state index in [1.807, 2.05) is 4.90 Å². The van der Waals surface area contributed by atoms with Gasteiger partial charge in [-0.25, -0.2) is 0 Å². The first-order valence-corrected chi connectivity index (χ1v) is 7.03. The smallest absolute Gasteiger partial charge is 0.236 e. The molecule has 2 saturated carbocycles. The first kappa shape index (κ1) is 12.2. The second-order valence-electron chi connectivity index (χ2n) is 6.53. The van der Waals surface area contributed by atoms with E-state index in [1.54, 1.807) is 0 Å². The molecule has 1 aliphatic heterocycles. The molecule has 2 aliphatic carbocycles. The van der Waals surface area contributed by atoms with Crippen LogP contribution in [0.1, 0.15) is 33.1 Å². The molecule has 1 amide bonds. The summed E-state index contributed by atoms with van der Waals surface area (Å²) in [4.78, 5) is 27.2. The highest BCUT2D eigenvalue weighted by molar-refractivity contribution is 6.09. The Morgan fingerprint density at radius 3 is 2.50 bits per heavy atom. The number of carbonyl (C=O) groups is 2. The lowest BCUT2D eigenvalue weighted by atomic mass is 9.68. The van der Waals surface area contributed by atoms with Gasteiger partial charge in [0.1, 0.15) is 11.2 Å². The Labute approximate surface area is 108 Å². The van der Waals surface area contributed by atoms with Crippen LogP contribution < -0.4 is 5.32 Å². The van der Waals surface area contributed by atoms with Gasteiger partial charge in [0, 0.05) is 32.6 Å². The van der Waals surface area contributed by atoms with Crippen LogP contribution in [-0.2, 0) is 9.59 Å². The van der Waals surface area contributed by atoms with Crippen molar-refractivity contribution in [1.29, 1.82) is 0 Å². The average molecular weight is 250 g/mol. The Morgan fingerprint density at radius 1 is 1.33 bits per heavy atom. The van der Waals surface area contributed by atoms with Gasteiger partial charge in [0.25, 0.3) is 0 Å². The fraction of sp³-hybridized carbons (Fsp3) is 0.857. The molecule has 0 aromatic heterocycles. The Kier molecular flexibility index (Phi) is 2.56. The summed E-state index contributed by atoms with van der Waals surface area (Å²) in [5.74, 6) is 0.725. The molecular weight excluding hydrogens is 228 g/mol. The number of Topliss-reactive ketones (excluding diaryl/α,β-unsaturated/α-hetero) is 1. The number of piperazine rings is 1.